The van der Waals surface area contributed by atoms with Crippen LogP contribution in [0.2, 0.25) is 0 Å². The van der Waals surface area contributed by atoms with Crippen LogP contribution >= 0.6 is 11.3 Å². The van der Waals surface area contributed by atoms with Crippen LogP contribution in [0.15, 0.2) is 6.07 Å². The largest absolute Gasteiger partial charge is 0.466 e. The van der Waals surface area contributed by atoms with Crippen LogP contribution in [-0.2, 0) is 27.2 Å². The molecular formula is C19H28N2O4S. The first kappa shape index (κ1) is 20.4. The number of hydrogen-bond acceptors (Lipinski definition) is 5. The molecule has 0 saturated heterocycles. The van der Waals surface area contributed by atoms with Gasteiger partial charge in [0.25, 0.3) is 5.91 Å². The minimum absolute atomic E-state index is 0.00294. The summed E-state index contributed by atoms with van der Waals surface area (Å²) in [6, 6.07) is 1.94. The van der Waals surface area contributed by atoms with Crippen molar-refractivity contribution >= 4 is 29.1 Å². The van der Waals surface area contributed by atoms with E-state index in [-0.39, 0.29) is 30.8 Å². The standard InChI is InChI=1S/C19H28N2O4S/c1-5-25-17(23)9-8-16(22)20-21-18(24)15-11-12-10-13(19(2,3)4)6-7-14(12)26-15/h11,13H,5-10H2,1-4H3,(H,20,22)(H,21,24)/t13-/m1/s1. The van der Waals surface area contributed by atoms with Gasteiger partial charge in [-0.05, 0) is 49.1 Å². The topological polar surface area (TPSA) is 84.5 Å². The fourth-order valence-corrected chi connectivity index (χ4v) is 4.18. The van der Waals surface area contributed by atoms with Crippen LogP contribution in [0.25, 0.3) is 0 Å². The lowest BCUT2D eigenvalue weighted by molar-refractivity contribution is -0.144. The van der Waals surface area contributed by atoms with Gasteiger partial charge in [0.1, 0.15) is 0 Å². The van der Waals surface area contributed by atoms with Crippen LogP contribution in [0.4, 0.5) is 0 Å². The molecule has 0 bridgehead atoms. The van der Waals surface area contributed by atoms with E-state index in [9.17, 15) is 14.4 Å². The van der Waals surface area contributed by atoms with Gasteiger partial charge < -0.3 is 4.74 Å². The van der Waals surface area contributed by atoms with Crippen molar-refractivity contribution in [2.75, 3.05) is 6.61 Å². The van der Waals surface area contributed by atoms with Crippen molar-refractivity contribution in [3.8, 4) is 0 Å². The molecule has 0 spiro atoms. The molecular weight excluding hydrogens is 352 g/mol. The summed E-state index contributed by atoms with van der Waals surface area (Å²) in [7, 11) is 0. The smallest absolute Gasteiger partial charge is 0.306 e. The molecule has 1 atom stereocenters. The highest BCUT2D eigenvalue weighted by atomic mass is 32.1. The molecule has 1 aromatic heterocycles. The number of thiophene rings is 1. The van der Waals surface area contributed by atoms with Crippen molar-refractivity contribution in [2.45, 2.75) is 59.8 Å². The van der Waals surface area contributed by atoms with E-state index in [2.05, 4.69) is 31.6 Å². The van der Waals surface area contributed by atoms with Crippen molar-refractivity contribution in [1.82, 2.24) is 10.9 Å². The summed E-state index contributed by atoms with van der Waals surface area (Å²) in [4.78, 5) is 37.1. The Morgan fingerprint density at radius 3 is 2.62 bits per heavy atom. The Morgan fingerprint density at radius 2 is 1.96 bits per heavy atom. The summed E-state index contributed by atoms with van der Waals surface area (Å²) in [5.41, 5.74) is 6.29. The zero-order chi connectivity index (χ0) is 19.3. The van der Waals surface area contributed by atoms with Gasteiger partial charge in [-0.25, -0.2) is 0 Å². The second kappa shape index (κ2) is 8.66. The zero-order valence-electron chi connectivity index (χ0n) is 15.9. The molecule has 1 aliphatic carbocycles. The summed E-state index contributed by atoms with van der Waals surface area (Å²) >= 11 is 1.50. The predicted octanol–water partition coefficient (Wildman–Crippen LogP) is 3.00. The highest BCUT2D eigenvalue weighted by Gasteiger charge is 2.30. The summed E-state index contributed by atoms with van der Waals surface area (Å²) < 4.78 is 4.76. The fraction of sp³-hybridized carbons (Fsp3) is 0.632. The number of esters is 1. The number of carbonyl (C=O) groups excluding carboxylic acids is 3. The molecule has 1 heterocycles. The highest BCUT2D eigenvalue weighted by Crippen LogP contribution is 2.40. The molecule has 1 aromatic rings. The number of amides is 2. The third kappa shape index (κ3) is 5.56. The molecule has 0 aromatic carbocycles. The van der Waals surface area contributed by atoms with Crippen molar-refractivity contribution in [3.63, 3.8) is 0 Å². The van der Waals surface area contributed by atoms with Gasteiger partial charge in [-0.2, -0.15) is 0 Å². The van der Waals surface area contributed by atoms with Gasteiger partial charge in [0.05, 0.1) is 17.9 Å². The van der Waals surface area contributed by atoms with Crippen LogP contribution in [0.3, 0.4) is 0 Å². The maximum atomic E-state index is 12.3. The highest BCUT2D eigenvalue weighted by molar-refractivity contribution is 7.14. The normalized spacial score (nSPS) is 16.5. The molecule has 0 radical (unpaired) electrons. The summed E-state index contributed by atoms with van der Waals surface area (Å²) in [6.45, 7) is 8.77. The number of hydrazine groups is 1. The quantitative estimate of drug-likeness (QED) is 0.607. The van der Waals surface area contributed by atoms with Crippen LogP contribution in [0.5, 0.6) is 0 Å². The number of fused-ring (bicyclic) bond motifs is 1. The van der Waals surface area contributed by atoms with Gasteiger partial charge in [-0.15, -0.1) is 11.3 Å². The van der Waals surface area contributed by atoms with E-state index in [1.165, 1.54) is 21.8 Å². The Hall–Kier alpha value is -1.89. The van der Waals surface area contributed by atoms with E-state index in [0.717, 1.165) is 19.3 Å². The van der Waals surface area contributed by atoms with Crippen LogP contribution in [0, 0.1) is 11.3 Å². The monoisotopic (exact) mass is 380 g/mol. The minimum atomic E-state index is -0.423. The lowest BCUT2D eigenvalue weighted by Gasteiger charge is -2.33. The Balaban J connectivity index is 1.85. The molecule has 144 valence electrons. The van der Waals surface area contributed by atoms with Crippen molar-refractivity contribution < 1.29 is 19.1 Å². The fourth-order valence-electron chi connectivity index (χ4n) is 3.07. The molecule has 1 aliphatic rings. The van der Waals surface area contributed by atoms with Crippen molar-refractivity contribution in [1.29, 1.82) is 0 Å². The second-order valence-electron chi connectivity index (χ2n) is 7.67. The Labute approximate surface area is 158 Å². The van der Waals surface area contributed by atoms with E-state index in [1.807, 2.05) is 6.07 Å². The van der Waals surface area contributed by atoms with Gasteiger partial charge in [0.15, 0.2) is 0 Å². The lowest BCUT2D eigenvalue weighted by Crippen LogP contribution is -2.41. The van der Waals surface area contributed by atoms with Gasteiger partial charge in [0.2, 0.25) is 5.91 Å². The minimum Gasteiger partial charge on any atom is -0.466 e. The maximum absolute atomic E-state index is 12.3. The number of rotatable bonds is 5. The van der Waals surface area contributed by atoms with Crippen molar-refractivity contribution in [2.24, 2.45) is 11.3 Å². The van der Waals surface area contributed by atoms with Gasteiger partial charge in [0, 0.05) is 11.3 Å². The van der Waals surface area contributed by atoms with Crippen LogP contribution in [0.1, 0.15) is 67.1 Å². The molecule has 6 nitrogen and oxygen atoms in total. The molecule has 0 unspecified atom stereocenters. The van der Waals surface area contributed by atoms with Gasteiger partial charge >= 0.3 is 5.97 Å². The third-order valence-corrected chi connectivity index (χ3v) is 5.94. The third-order valence-electron chi connectivity index (χ3n) is 4.71. The number of hydrogen-bond donors (Lipinski definition) is 2. The van der Waals surface area contributed by atoms with Gasteiger partial charge in [-0.1, -0.05) is 20.8 Å². The summed E-state index contributed by atoms with van der Waals surface area (Å²) in [5.74, 6) is -0.543. The Morgan fingerprint density at radius 1 is 1.23 bits per heavy atom. The first-order valence-electron chi connectivity index (χ1n) is 9.07. The number of aryl methyl sites for hydroxylation is 1. The van der Waals surface area contributed by atoms with Crippen LogP contribution in [-0.4, -0.2) is 24.4 Å². The van der Waals surface area contributed by atoms with E-state index in [0.29, 0.717) is 10.8 Å². The average Bonchev–Trinajstić information content (AvgIpc) is 3.00. The Bertz CT molecular complexity index is 676. The summed E-state index contributed by atoms with van der Waals surface area (Å²) in [5, 5.41) is 0. The molecule has 2 amide bonds. The molecule has 7 heteroatoms. The first-order chi connectivity index (χ1) is 12.2. The molecule has 2 rings (SSSR count). The number of nitrogens with one attached hydrogen (secondary N) is 2. The zero-order valence-corrected chi connectivity index (χ0v) is 16.8. The number of ether oxygens (including phenoxy) is 1. The predicted molar refractivity (Wildman–Crippen MR) is 101 cm³/mol. The van der Waals surface area contributed by atoms with Crippen molar-refractivity contribution in [3.05, 3.63) is 21.4 Å². The molecule has 26 heavy (non-hydrogen) atoms. The van der Waals surface area contributed by atoms with Crippen LogP contribution < -0.4 is 10.9 Å². The maximum Gasteiger partial charge on any atom is 0.306 e. The molecule has 0 fully saturated rings. The number of carbonyl (C=O) groups is 3. The van der Waals surface area contributed by atoms with E-state index < -0.39 is 11.9 Å². The van der Waals surface area contributed by atoms with E-state index in [1.54, 1.807) is 6.92 Å². The molecule has 0 saturated carbocycles. The average molecular weight is 381 g/mol. The molecule has 0 aliphatic heterocycles. The van der Waals surface area contributed by atoms with E-state index in [4.69, 9.17) is 4.74 Å². The Kier molecular flexibility index (Phi) is 6.81. The SMILES string of the molecule is CCOC(=O)CCC(=O)NNC(=O)c1cc2c(s1)CC[C@@H](C(C)(C)C)C2. The lowest BCUT2D eigenvalue weighted by atomic mass is 9.72. The second-order valence-corrected chi connectivity index (χ2v) is 8.81. The van der Waals surface area contributed by atoms with Gasteiger partial charge in [-0.3, -0.25) is 25.2 Å². The summed E-state index contributed by atoms with van der Waals surface area (Å²) in [6.07, 6.45) is 3.11. The first-order valence-corrected chi connectivity index (χ1v) is 9.88. The van der Waals surface area contributed by atoms with E-state index >= 15 is 0 Å². The molecule has 2 N–H and O–H groups in total.